The molecule has 0 atom stereocenters. The summed E-state index contributed by atoms with van der Waals surface area (Å²) < 4.78 is 26.6. The Hall–Kier alpha value is -3.59. The van der Waals surface area contributed by atoms with Gasteiger partial charge in [0.2, 0.25) is 0 Å². The number of benzene rings is 2. The molecule has 2 N–H and O–H groups in total. The number of fused-ring (bicyclic) bond motifs is 3. The molecule has 0 unspecified atom stereocenters. The second-order valence-electron chi connectivity index (χ2n) is 8.21. The standard InChI is InChI=1S/C24H24F2N6O/c1-27-24(33)16-3-5-20-17(13-16)21-22(30-20)23(29-14-28-21)32-10-8-31(9-11-32)7-6-15-2-4-18(25)19(26)12-15/h2-5,12-14,30H,6-11H2,1H3,(H,27,33). The van der Waals surface area contributed by atoms with Crippen molar-refractivity contribution in [2.24, 2.45) is 0 Å². The first-order chi connectivity index (χ1) is 16.0. The van der Waals surface area contributed by atoms with Gasteiger partial charge in [-0.2, -0.15) is 0 Å². The summed E-state index contributed by atoms with van der Waals surface area (Å²) in [5, 5.41) is 3.54. The van der Waals surface area contributed by atoms with Gasteiger partial charge in [0.1, 0.15) is 17.4 Å². The Morgan fingerprint density at radius 1 is 1.06 bits per heavy atom. The van der Waals surface area contributed by atoms with Crippen LogP contribution in [0.15, 0.2) is 42.7 Å². The average molecular weight is 450 g/mol. The number of carbonyl (C=O) groups is 1. The van der Waals surface area contributed by atoms with Crippen LogP contribution in [-0.2, 0) is 6.42 Å². The molecular weight excluding hydrogens is 426 g/mol. The number of carbonyl (C=O) groups excluding carboxylic acids is 1. The van der Waals surface area contributed by atoms with Crippen LogP contribution in [0.5, 0.6) is 0 Å². The summed E-state index contributed by atoms with van der Waals surface area (Å²) in [6.45, 7) is 4.06. The van der Waals surface area contributed by atoms with E-state index in [2.05, 4.69) is 30.1 Å². The van der Waals surface area contributed by atoms with Crippen LogP contribution in [0.25, 0.3) is 21.9 Å². The first kappa shape index (κ1) is 21.3. The molecule has 5 rings (SSSR count). The van der Waals surface area contributed by atoms with Crippen LogP contribution in [0.4, 0.5) is 14.6 Å². The second kappa shape index (κ2) is 8.74. The largest absolute Gasteiger partial charge is 0.355 e. The Bertz CT molecular complexity index is 1330. The summed E-state index contributed by atoms with van der Waals surface area (Å²) in [5.41, 5.74) is 3.94. The molecule has 1 aliphatic rings. The van der Waals surface area contributed by atoms with E-state index in [9.17, 15) is 13.6 Å². The van der Waals surface area contributed by atoms with Crippen molar-refractivity contribution in [1.29, 1.82) is 0 Å². The van der Waals surface area contributed by atoms with Crippen LogP contribution >= 0.6 is 0 Å². The minimum absolute atomic E-state index is 0.139. The molecule has 170 valence electrons. The van der Waals surface area contributed by atoms with Crippen molar-refractivity contribution >= 4 is 33.7 Å². The number of halogens is 2. The van der Waals surface area contributed by atoms with Gasteiger partial charge in [0.15, 0.2) is 17.5 Å². The maximum absolute atomic E-state index is 13.4. The van der Waals surface area contributed by atoms with Gasteiger partial charge in [0.25, 0.3) is 5.91 Å². The van der Waals surface area contributed by atoms with E-state index in [0.29, 0.717) is 12.0 Å². The molecule has 1 fully saturated rings. The van der Waals surface area contributed by atoms with Gasteiger partial charge < -0.3 is 15.2 Å². The lowest BCUT2D eigenvalue weighted by atomic mass is 10.1. The Labute approximate surface area is 189 Å². The van der Waals surface area contributed by atoms with E-state index in [1.165, 1.54) is 12.1 Å². The number of anilines is 1. The van der Waals surface area contributed by atoms with Crippen LogP contribution in [0, 0.1) is 11.6 Å². The highest BCUT2D eigenvalue weighted by atomic mass is 19.2. The summed E-state index contributed by atoms with van der Waals surface area (Å²) in [6, 6.07) is 9.62. The lowest BCUT2D eigenvalue weighted by Crippen LogP contribution is -2.47. The van der Waals surface area contributed by atoms with Crippen LogP contribution in [0.2, 0.25) is 0 Å². The summed E-state index contributed by atoms with van der Waals surface area (Å²) in [4.78, 5) is 29.0. The van der Waals surface area contributed by atoms with Crippen molar-refractivity contribution in [3.8, 4) is 0 Å². The van der Waals surface area contributed by atoms with Gasteiger partial charge in [-0.1, -0.05) is 6.07 Å². The smallest absolute Gasteiger partial charge is 0.251 e. The minimum atomic E-state index is -0.814. The zero-order chi connectivity index (χ0) is 22.9. The van der Waals surface area contributed by atoms with Gasteiger partial charge in [-0.3, -0.25) is 9.69 Å². The number of amides is 1. The second-order valence-corrected chi connectivity index (χ2v) is 8.21. The number of aromatic nitrogens is 3. The molecule has 1 saturated heterocycles. The third kappa shape index (κ3) is 4.11. The zero-order valence-corrected chi connectivity index (χ0v) is 18.2. The van der Waals surface area contributed by atoms with Gasteiger partial charge in [0, 0.05) is 56.2 Å². The van der Waals surface area contributed by atoms with Crippen molar-refractivity contribution < 1.29 is 13.6 Å². The van der Waals surface area contributed by atoms with E-state index >= 15 is 0 Å². The first-order valence-electron chi connectivity index (χ1n) is 10.9. The third-order valence-electron chi connectivity index (χ3n) is 6.22. The van der Waals surface area contributed by atoms with E-state index in [-0.39, 0.29) is 5.91 Å². The maximum atomic E-state index is 13.4. The average Bonchev–Trinajstić information content (AvgIpc) is 3.22. The Kier molecular flexibility index (Phi) is 5.63. The highest BCUT2D eigenvalue weighted by Crippen LogP contribution is 2.30. The molecule has 1 aliphatic heterocycles. The molecule has 7 nitrogen and oxygen atoms in total. The molecule has 9 heteroatoms. The first-order valence-corrected chi connectivity index (χ1v) is 10.9. The molecule has 0 bridgehead atoms. The fraction of sp³-hybridized carbons (Fsp3) is 0.292. The molecule has 0 aliphatic carbocycles. The normalized spacial score (nSPS) is 14.8. The number of hydrogen-bond donors (Lipinski definition) is 2. The van der Waals surface area contributed by atoms with Crippen LogP contribution in [0.1, 0.15) is 15.9 Å². The predicted octanol–water partition coefficient (Wildman–Crippen LogP) is 3.11. The quantitative estimate of drug-likeness (QED) is 0.489. The molecule has 3 heterocycles. The van der Waals surface area contributed by atoms with Crippen LogP contribution in [0.3, 0.4) is 0 Å². The highest BCUT2D eigenvalue weighted by molar-refractivity contribution is 6.10. The van der Waals surface area contributed by atoms with Gasteiger partial charge in [0.05, 0.1) is 0 Å². The summed E-state index contributed by atoms with van der Waals surface area (Å²) in [6.07, 6.45) is 2.23. The number of aromatic amines is 1. The van der Waals surface area contributed by atoms with Crippen molar-refractivity contribution in [3.63, 3.8) is 0 Å². The van der Waals surface area contributed by atoms with Crippen molar-refractivity contribution in [3.05, 3.63) is 65.5 Å². The summed E-state index contributed by atoms with van der Waals surface area (Å²) >= 11 is 0. The molecule has 2 aromatic carbocycles. The van der Waals surface area contributed by atoms with E-state index in [4.69, 9.17) is 0 Å². The number of hydrogen-bond acceptors (Lipinski definition) is 5. The fourth-order valence-corrected chi connectivity index (χ4v) is 4.37. The number of piperazine rings is 1. The molecule has 1 amide bonds. The fourth-order valence-electron chi connectivity index (χ4n) is 4.37. The molecule has 4 aromatic rings. The lowest BCUT2D eigenvalue weighted by molar-refractivity contribution is 0.0963. The predicted molar refractivity (Wildman–Crippen MR) is 123 cm³/mol. The monoisotopic (exact) mass is 450 g/mol. The van der Waals surface area contributed by atoms with Crippen LogP contribution < -0.4 is 10.2 Å². The van der Waals surface area contributed by atoms with Crippen molar-refractivity contribution in [2.45, 2.75) is 6.42 Å². The minimum Gasteiger partial charge on any atom is -0.355 e. The lowest BCUT2D eigenvalue weighted by Gasteiger charge is -2.35. The molecule has 2 aromatic heterocycles. The Morgan fingerprint density at radius 3 is 2.64 bits per heavy atom. The van der Waals surface area contributed by atoms with E-state index in [1.54, 1.807) is 25.5 Å². The van der Waals surface area contributed by atoms with Crippen LogP contribution in [-0.4, -0.2) is 65.5 Å². The molecule has 33 heavy (non-hydrogen) atoms. The molecule has 0 spiro atoms. The van der Waals surface area contributed by atoms with E-state index in [0.717, 1.165) is 66.0 Å². The topological polar surface area (TPSA) is 77.2 Å². The Morgan fingerprint density at radius 2 is 1.88 bits per heavy atom. The summed E-state index contributed by atoms with van der Waals surface area (Å²) in [7, 11) is 1.61. The highest BCUT2D eigenvalue weighted by Gasteiger charge is 2.22. The maximum Gasteiger partial charge on any atom is 0.251 e. The zero-order valence-electron chi connectivity index (χ0n) is 18.2. The molecule has 0 saturated carbocycles. The van der Waals surface area contributed by atoms with Gasteiger partial charge in [-0.15, -0.1) is 0 Å². The van der Waals surface area contributed by atoms with Crippen molar-refractivity contribution in [2.75, 3.05) is 44.7 Å². The SMILES string of the molecule is CNC(=O)c1ccc2[nH]c3c(N4CCN(CCc5ccc(F)c(F)c5)CC4)ncnc3c2c1. The van der Waals surface area contributed by atoms with Crippen molar-refractivity contribution in [1.82, 2.24) is 25.2 Å². The Balaban J connectivity index is 1.31. The molecular formula is C24H24F2N6O. The molecule has 0 radical (unpaired) electrons. The number of nitrogens with one attached hydrogen (secondary N) is 2. The summed E-state index contributed by atoms with van der Waals surface area (Å²) in [5.74, 6) is -0.908. The van der Waals surface area contributed by atoms with Gasteiger partial charge >= 0.3 is 0 Å². The van der Waals surface area contributed by atoms with Gasteiger partial charge in [-0.05, 0) is 42.3 Å². The van der Waals surface area contributed by atoms with E-state index < -0.39 is 11.6 Å². The number of nitrogens with zero attached hydrogens (tertiary/aromatic N) is 4. The number of rotatable bonds is 5. The third-order valence-corrected chi connectivity index (χ3v) is 6.22. The van der Waals surface area contributed by atoms with Gasteiger partial charge in [-0.25, -0.2) is 18.7 Å². The van der Waals surface area contributed by atoms with E-state index in [1.807, 2.05) is 12.1 Å². The number of H-pyrrole nitrogens is 1.